The highest BCUT2D eigenvalue weighted by atomic mass is 16.1. The molecule has 0 spiro atoms. The Labute approximate surface area is 97.2 Å². The zero-order chi connectivity index (χ0) is 12.0. The highest BCUT2D eigenvalue weighted by Gasteiger charge is 2.04. The first-order valence-electron chi connectivity index (χ1n) is 5.75. The highest BCUT2D eigenvalue weighted by molar-refractivity contribution is 5.97. The molecule has 0 atom stereocenters. The van der Waals surface area contributed by atoms with Crippen LogP contribution in [0.15, 0.2) is 24.3 Å². The summed E-state index contributed by atoms with van der Waals surface area (Å²) < 4.78 is 0. The molecule has 0 aliphatic carbocycles. The Balaban J connectivity index is 2.67. The van der Waals surface area contributed by atoms with Crippen molar-refractivity contribution in [2.24, 2.45) is 5.73 Å². The van der Waals surface area contributed by atoms with Gasteiger partial charge in [-0.1, -0.05) is 38.1 Å². The van der Waals surface area contributed by atoms with Crippen LogP contribution in [-0.4, -0.2) is 30.3 Å². The third kappa shape index (κ3) is 3.43. The predicted octanol–water partition coefficient (Wildman–Crippen LogP) is 1.67. The standard InChI is InChI=1S/C13H20N2O/c1-3-15(4-2)10-11-5-7-12(8-6-11)13(16)9-14/h5-8H,3-4,9-10,14H2,1-2H3. The van der Waals surface area contributed by atoms with Crippen molar-refractivity contribution in [1.82, 2.24) is 4.90 Å². The summed E-state index contributed by atoms with van der Waals surface area (Å²) in [5.74, 6) is -0.00520. The minimum atomic E-state index is -0.00520. The summed E-state index contributed by atoms with van der Waals surface area (Å²) in [6.07, 6.45) is 0. The van der Waals surface area contributed by atoms with Crippen LogP contribution in [0.5, 0.6) is 0 Å². The van der Waals surface area contributed by atoms with Crippen molar-refractivity contribution < 1.29 is 4.79 Å². The molecule has 0 aliphatic heterocycles. The first kappa shape index (κ1) is 12.9. The number of carbonyl (C=O) groups excluding carboxylic acids is 1. The Morgan fingerprint density at radius 3 is 2.19 bits per heavy atom. The molecule has 3 heteroatoms. The average Bonchev–Trinajstić information content (AvgIpc) is 2.35. The minimum Gasteiger partial charge on any atom is -0.324 e. The van der Waals surface area contributed by atoms with E-state index in [2.05, 4.69) is 18.7 Å². The molecule has 2 N–H and O–H groups in total. The Hall–Kier alpha value is -1.19. The van der Waals surface area contributed by atoms with Gasteiger partial charge in [0.05, 0.1) is 6.54 Å². The van der Waals surface area contributed by atoms with Gasteiger partial charge in [-0.05, 0) is 18.7 Å². The minimum absolute atomic E-state index is 0.00520. The summed E-state index contributed by atoms with van der Waals surface area (Å²) in [5.41, 5.74) is 7.24. The Morgan fingerprint density at radius 1 is 1.19 bits per heavy atom. The lowest BCUT2D eigenvalue weighted by atomic mass is 10.1. The van der Waals surface area contributed by atoms with Crippen molar-refractivity contribution in [2.45, 2.75) is 20.4 Å². The maximum Gasteiger partial charge on any atom is 0.176 e. The summed E-state index contributed by atoms with van der Waals surface area (Å²) in [7, 11) is 0. The SMILES string of the molecule is CCN(CC)Cc1ccc(C(=O)CN)cc1. The normalized spacial score (nSPS) is 10.8. The van der Waals surface area contributed by atoms with Crippen LogP contribution >= 0.6 is 0 Å². The van der Waals surface area contributed by atoms with Crippen LogP contribution in [0.4, 0.5) is 0 Å². The van der Waals surface area contributed by atoms with Crippen LogP contribution in [-0.2, 0) is 6.54 Å². The first-order valence-corrected chi connectivity index (χ1v) is 5.75. The molecule has 16 heavy (non-hydrogen) atoms. The third-order valence-corrected chi connectivity index (χ3v) is 2.76. The molecule has 1 rings (SSSR count). The van der Waals surface area contributed by atoms with Gasteiger partial charge in [0.25, 0.3) is 0 Å². The van der Waals surface area contributed by atoms with E-state index in [0.29, 0.717) is 5.56 Å². The van der Waals surface area contributed by atoms with Gasteiger partial charge in [-0.2, -0.15) is 0 Å². The van der Waals surface area contributed by atoms with E-state index < -0.39 is 0 Å². The van der Waals surface area contributed by atoms with Crippen molar-refractivity contribution in [1.29, 1.82) is 0 Å². The molecule has 0 heterocycles. The van der Waals surface area contributed by atoms with E-state index in [4.69, 9.17) is 5.73 Å². The van der Waals surface area contributed by atoms with E-state index in [9.17, 15) is 4.79 Å². The van der Waals surface area contributed by atoms with Gasteiger partial charge in [-0.15, -0.1) is 0 Å². The lowest BCUT2D eigenvalue weighted by Crippen LogP contribution is -2.22. The van der Waals surface area contributed by atoms with E-state index in [0.717, 1.165) is 19.6 Å². The fourth-order valence-electron chi connectivity index (χ4n) is 1.62. The van der Waals surface area contributed by atoms with Gasteiger partial charge in [0.15, 0.2) is 5.78 Å². The quantitative estimate of drug-likeness (QED) is 0.742. The van der Waals surface area contributed by atoms with Crippen molar-refractivity contribution in [3.63, 3.8) is 0 Å². The smallest absolute Gasteiger partial charge is 0.176 e. The zero-order valence-corrected chi connectivity index (χ0v) is 10.1. The number of hydrogen-bond donors (Lipinski definition) is 1. The maximum absolute atomic E-state index is 11.3. The predicted molar refractivity (Wildman–Crippen MR) is 66.5 cm³/mol. The monoisotopic (exact) mass is 220 g/mol. The van der Waals surface area contributed by atoms with E-state index in [1.807, 2.05) is 24.3 Å². The van der Waals surface area contributed by atoms with Gasteiger partial charge in [0.2, 0.25) is 0 Å². The fraction of sp³-hybridized carbons (Fsp3) is 0.462. The second-order valence-corrected chi connectivity index (χ2v) is 3.79. The molecule has 1 aromatic rings. The van der Waals surface area contributed by atoms with Gasteiger partial charge < -0.3 is 5.73 Å². The van der Waals surface area contributed by atoms with Crippen molar-refractivity contribution in [2.75, 3.05) is 19.6 Å². The van der Waals surface area contributed by atoms with Crippen LogP contribution in [0.2, 0.25) is 0 Å². The number of rotatable bonds is 6. The molecule has 0 bridgehead atoms. The lowest BCUT2D eigenvalue weighted by molar-refractivity contribution is 0.100. The van der Waals surface area contributed by atoms with E-state index in [1.54, 1.807) is 0 Å². The first-order chi connectivity index (χ1) is 7.71. The molecule has 0 unspecified atom stereocenters. The Morgan fingerprint density at radius 2 is 1.75 bits per heavy atom. The van der Waals surface area contributed by atoms with Gasteiger partial charge in [-0.25, -0.2) is 0 Å². The number of nitrogens with zero attached hydrogens (tertiary/aromatic N) is 1. The highest BCUT2D eigenvalue weighted by Crippen LogP contribution is 2.07. The number of carbonyl (C=O) groups is 1. The molecular weight excluding hydrogens is 200 g/mol. The third-order valence-electron chi connectivity index (χ3n) is 2.76. The Kier molecular flexibility index (Phi) is 5.15. The topological polar surface area (TPSA) is 46.3 Å². The van der Waals surface area contributed by atoms with Crippen LogP contribution < -0.4 is 5.73 Å². The molecule has 0 saturated carbocycles. The van der Waals surface area contributed by atoms with Crippen molar-refractivity contribution in [3.05, 3.63) is 35.4 Å². The van der Waals surface area contributed by atoms with Gasteiger partial charge in [-0.3, -0.25) is 9.69 Å². The zero-order valence-electron chi connectivity index (χ0n) is 10.1. The molecule has 0 radical (unpaired) electrons. The summed E-state index contributed by atoms with van der Waals surface area (Å²) in [4.78, 5) is 13.7. The van der Waals surface area contributed by atoms with E-state index >= 15 is 0 Å². The van der Waals surface area contributed by atoms with Crippen molar-refractivity contribution in [3.8, 4) is 0 Å². The van der Waals surface area contributed by atoms with E-state index in [-0.39, 0.29) is 12.3 Å². The largest absolute Gasteiger partial charge is 0.324 e. The van der Waals surface area contributed by atoms with Crippen molar-refractivity contribution >= 4 is 5.78 Å². The van der Waals surface area contributed by atoms with Gasteiger partial charge in [0.1, 0.15) is 0 Å². The molecule has 3 nitrogen and oxygen atoms in total. The molecule has 0 aliphatic rings. The Bertz CT molecular complexity index is 328. The summed E-state index contributed by atoms with van der Waals surface area (Å²) in [5, 5.41) is 0. The second-order valence-electron chi connectivity index (χ2n) is 3.79. The number of benzene rings is 1. The number of Topliss-reactive ketones (excluding diaryl/α,β-unsaturated/α-hetero) is 1. The summed E-state index contributed by atoms with van der Waals surface area (Å²) in [6.45, 7) is 7.39. The number of ketones is 1. The maximum atomic E-state index is 11.3. The second kappa shape index (κ2) is 6.40. The lowest BCUT2D eigenvalue weighted by Gasteiger charge is -2.17. The average molecular weight is 220 g/mol. The molecule has 88 valence electrons. The van der Waals surface area contributed by atoms with Crippen LogP contribution in [0.1, 0.15) is 29.8 Å². The molecular formula is C13H20N2O. The fourth-order valence-corrected chi connectivity index (χ4v) is 1.62. The molecule has 0 amide bonds. The summed E-state index contributed by atoms with van der Waals surface area (Å²) >= 11 is 0. The summed E-state index contributed by atoms with van der Waals surface area (Å²) in [6, 6.07) is 7.71. The van der Waals surface area contributed by atoms with E-state index in [1.165, 1.54) is 5.56 Å². The van der Waals surface area contributed by atoms with Crippen LogP contribution in [0.3, 0.4) is 0 Å². The molecule has 1 aromatic carbocycles. The number of hydrogen-bond acceptors (Lipinski definition) is 3. The number of nitrogens with two attached hydrogens (primary N) is 1. The van der Waals surface area contributed by atoms with Crippen LogP contribution in [0, 0.1) is 0 Å². The van der Waals surface area contributed by atoms with Crippen LogP contribution in [0.25, 0.3) is 0 Å². The molecule has 0 fully saturated rings. The molecule has 0 saturated heterocycles. The van der Waals surface area contributed by atoms with Gasteiger partial charge >= 0.3 is 0 Å². The molecule has 0 aromatic heterocycles. The van der Waals surface area contributed by atoms with Gasteiger partial charge in [0, 0.05) is 12.1 Å².